The summed E-state index contributed by atoms with van der Waals surface area (Å²) in [5, 5.41) is 0. The van der Waals surface area contributed by atoms with Crippen molar-refractivity contribution in [2.75, 3.05) is 33.9 Å². The average Bonchev–Trinajstić information content (AvgIpc) is 2.98. The summed E-state index contributed by atoms with van der Waals surface area (Å²) in [6.45, 7) is 7.45. The largest absolute Gasteiger partial charge is 0.497 e. The molecule has 0 saturated carbocycles. The van der Waals surface area contributed by atoms with Crippen molar-refractivity contribution in [1.82, 2.24) is 4.90 Å². The highest BCUT2D eigenvalue weighted by Crippen LogP contribution is 2.36. The number of nitrogens with zero attached hydrogens (tertiary/aromatic N) is 1. The molecule has 1 fully saturated rings. The van der Waals surface area contributed by atoms with E-state index in [0.29, 0.717) is 6.54 Å². The molecule has 4 heteroatoms. The Balaban J connectivity index is 2.22. The third-order valence-corrected chi connectivity index (χ3v) is 4.66. The second-order valence-corrected chi connectivity index (χ2v) is 6.15. The van der Waals surface area contributed by atoms with Crippen molar-refractivity contribution in [2.24, 2.45) is 17.6 Å². The van der Waals surface area contributed by atoms with Crippen molar-refractivity contribution in [1.29, 1.82) is 0 Å². The predicted molar refractivity (Wildman–Crippen MR) is 85.9 cm³/mol. The van der Waals surface area contributed by atoms with Gasteiger partial charge in [-0.3, -0.25) is 4.90 Å². The molecule has 2 atom stereocenters. The molecule has 0 spiro atoms. The fourth-order valence-electron chi connectivity index (χ4n) is 3.21. The third-order valence-electron chi connectivity index (χ3n) is 4.66. The molecular formula is C17H28N2O2. The fraction of sp³-hybridized carbons (Fsp3) is 0.647. The maximum atomic E-state index is 6.07. The number of hydrogen-bond acceptors (Lipinski definition) is 4. The van der Waals surface area contributed by atoms with Crippen molar-refractivity contribution in [3.8, 4) is 11.5 Å². The van der Waals surface area contributed by atoms with E-state index >= 15 is 0 Å². The molecule has 2 unspecified atom stereocenters. The van der Waals surface area contributed by atoms with Gasteiger partial charge in [0.2, 0.25) is 0 Å². The van der Waals surface area contributed by atoms with Gasteiger partial charge in [-0.05, 0) is 30.9 Å². The summed E-state index contributed by atoms with van der Waals surface area (Å²) in [5.41, 5.74) is 7.23. The maximum absolute atomic E-state index is 6.07. The van der Waals surface area contributed by atoms with E-state index in [9.17, 15) is 0 Å². The average molecular weight is 292 g/mol. The molecule has 1 aromatic rings. The Labute approximate surface area is 128 Å². The van der Waals surface area contributed by atoms with Gasteiger partial charge in [0.1, 0.15) is 11.5 Å². The Bertz CT molecular complexity index is 462. The van der Waals surface area contributed by atoms with E-state index in [1.165, 1.54) is 6.42 Å². The second-order valence-electron chi connectivity index (χ2n) is 6.15. The lowest BCUT2D eigenvalue weighted by Crippen LogP contribution is -2.32. The Hall–Kier alpha value is -1.26. The zero-order chi connectivity index (χ0) is 15.4. The lowest BCUT2D eigenvalue weighted by atomic mass is 9.95. The molecule has 0 radical (unpaired) electrons. The third kappa shape index (κ3) is 3.50. The molecule has 1 heterocycles. The van der Waals surface area contributed by atoms with Gasteiger partial charge < -0.3 is 15.2 Å². The standard InChI is InChI=1S/C17H28N2O2/c1-12(2)13-7-8-19(11-13)16(10-18)15-6-5-14(20-3)9-17(15)21-4/h5-6,9,12-13,16H,7-8,10-11,18H2,1-4H3. The maximum Gasteiger partial charge on any atom is 0.127 e. The van der Waals surface area contributed by atoms with Crippen LogP contribution in [-0.2, 0) is 0 Å². The van der Waals surface area contributed by atoms with E-state index in [1.54, 1.807) is 14.2 Å². The first-order valence-electron chi connectivity index (χ1n) is 7.76. The number of methoxy groups -OCH3 is 2. The Morgan fingerprint density at radius 3 is 2.57 bits per heavy atom. The van der Waals surface area contributed by atoms with Gasteiger partial charge >= 0.3 is 0 Å². The first-order chi connectivity index (χ1) is 10.1. The highest BCUT2D eigenvalue weighted by Gasteiger charge is 2.31. The van der Waals surface area contributed by atoms with E-state index in [-0.39, 0.29) is 6.04 Å². The normalized spacial score (nSPS) is 20.8. The van der Waals surface area contributed by atoms with Crippen LogP contribution in [0, 0.1) is 11.8 Å². The number of nitrogens with two attached hydrogens (primary N) is 1. The van der Waals surface area contributed by atoms with Crippen LogP contribution in [0.5, 0.6) is 11.5 Å². The van der Waals surface area contributed by atoms with Gasteiger partial charge in [0, 0.05) is 24.7 Å². The number of ether oxygens (including phenoxy) is 2. The van der Waals surface area contributed by atoms with E-state index < -0.39 is 0 Å². The number of hydrogen-bond donors (Lipinski definition) is 1. The van der Waals surface area contributed by atoms with Crippen molar-refractivity contribution < 1.29 is 9.47 Å². The van der Waals surface area contributed by atoms with Crippen LogP contribution < -0.4 is 15.2 Å². The summed E-state index contributed by atoms with van der Waals surface area (Å²) in [6, 6.07) is 6.22. The smallest absolute Gasteiger partial charge is 0.127 e. The van der Waals surface area contributed by atoms with Crippen molar-refractivity contribution in [2.45, 2.75) is 26.3 Å². The van der Waals surface area contributed by atoms with Crippen LogP contribution in [0.1, 0.15) is 31.9 Å². The second kappa shape index (κ2) is 7.14. The van der Waals surface area contributed by atoms with Crippen LogP contribution in [0.3, 0.4) is 0 Å². The predicted octanol–water partition coefficient (Wildman–Crippen LogP) is 2.68. The van der Waals surface area contributed by atoms with E-state index in [0.717, 1.165) is 42.0 Å². The van der Waals surface area contributed by atoms with Crippen LogP contribution in [-0.4, -0.2) is 38.8 Å². The Morgan fingerprint density at radius 1 is 1.29 bits per heavy atom. The summed E-state index contributed by atoms with van der Waals surface area (Å²) >= 11 is 0. The molecule has 2 N–H and O–H groups in total. The molecular weight excluding hydrogens is 264 g/mol. The molecule has 0 bridgehead atoms. The molecule has 0 aliphatic carbocycles. The molecule has 0 amide bonds. The highest BCUT2D eigenvalue weighted by atomic mass is 16.5. The monoisotopic (exact) mass is 292 g/mol. The van der Waals surface area contributed by atoms with Crippen molar-refractivity contribution in [3.05, 3.63) is 23.8 Å². The first-order valence-corrected chi connectivity index (χ1v) is 7.76. The zero-order valence-electron chi connectivity index (χ0n) is 13.6. The van der Waals surface area contributed by atoms with E-state index in [4.69, 9.17) is 15.2 Å². The molecule has 21 heavy (non-hydrogen) atoms. The summed E-state index contributed by atoms with van der Waals surface area (Å²) in [7, 11) is 3.37. The lowest BCUT2D eigenvalue weighted by molar-refractivity contribution is 0.227. The minimum Gasteiger partial charge on any atom is -0.497 e. The van der Waals surface area contributed by atoms with Gasteiger partial charge in [0.15, 0.2) is 0 Å². The van der Waals surface area contributed by atoms with Gasteiger partial charge in [-0.1, -0.05) is 19.9 Å². The van der Waals surface area contributed by atoms with Crippen molar-refractivity contribution in [3.63, 3.8) is 0 Å². The number of benzene rings is 1. The zero-order valence-corrected chi connectivity index (χ0v) is 13.6. The van der Waals surface area contributed by atoms with Gasteiger partial charge in [-0.2, -0.15) is 0 Å². The summed E-state index contributed by atoms with van der Waals surface area (Å²) < 4.78 is 10.8. The van der Waals surface area contributed by atoms with Crippen LogP contribution in [0.2, 0.25) is 0 Å². The van der Waals surface area contributed by atoms with Crippen LogP contribution in [0.4, 0.5) is 0 Å². The molecule has 118 valence electrons. The summed E-state index contributed by atoms with van der Waals surface area (Å²) in [5.74, 6) is 3.17. The lowest BCUT2D eigenvalue weighted by Gasteiger charge is -2.29. The molecule has 1 aliphatic rings. The van der Waals surface area contributed by atoms with E-state index in [1.807, 2.05) is 12.1 Å². The highest BCUT2D eigenvalue weighted by molar-refractivity contribution is 5.42. The van der Waals surface area contributed by atoms with Gasteiger partial charge in [-0.15, -0.1) is 0 Å². The minimum atomic E-state index is 0.217. The SMILES string of the molecule is COc1ccc(C(CN)N2CCC(C(C)C)C2)c(OC)c1. The van der Waals surface area contributed by atoms with Crippen molar-refractivity contribution >= 4 is 0 Å². The molecule has 4 nitrogen and oxygen atoms in total. The molecule has 0 aromatic heterocycles. The van der Waals surface area contributed by atoms with E-state index in [2.05, 4.69) is 24.8 Å². The van der Waals surface area contributed by atoms with Crippen LogP contribution >= 0.6 is 0 Å². The van der Waals surface area contributed by atoms with Gasteiger partial charge in [0.25, 0.3) is 0 Å². The number of rotatable bonds is 6. The number of likely N-dealkylation sites (tertiary alicyclic amines) is 1. The molecule has 1 saturated heterocycles. The molecule has 1 aliphatic heterocycles. The molecule has 1 aromatic carbocycles. The van der Waals surface area contributed by atoms with Crippen LogP contribution in [0.25, 0.3) is 0 Å². The van der Waals surface area contributed by atoms with Gasteiger partial charge in [-0.25, -0.2) is 0 Å². The topological polar surface area (TPSA) is 47.7 Å². The first kappa shape index (κ1) is 16.1. The quantitative estimate of drug-likeness (QED) is 0.875. The van der Waals surface area contributed by atoms with Gasteiger partial charge in [0.05, 0.1) is 20.3 Å². The summed E-state index contributed by atoms with van der Waals surface area (Å²) in [6.07, 6.45) is 1.26. The summed E-state index contributed by atoms with van der Waals surface area (Å²) in [4.78, 5) is 2.50. The van der Waals surface area contributed by atoms with Crippen LogP contribution in [0.15, 0.2) is 18.2 Å². The molecule has 2 rings (SSSR count). The Morgan fingerprint density at radius 2 is 2.05 bits per heavy atom. The fourth-order valence-corrected chi connectivity index (χ4v) is 3.21. The Kier molecular flexibility index (Phi) is 5.48. The minimum absolute atomic E-state index is 0.217.